The topological polar surface area (TPSA) is 75.9 Å². The third kappa shape index (κ3) is 4.60. The fourth-order valence-electron chi connectivity index (χ4n) is 4.35. The maximum Gasteiger partial charge on any atom is 0.246 e. The van der Waals surface area contributed by atoms with Gasteiger partial charge < -0.3 is 10.1 Å². The van der Waals surface area contributed by atoms with E-state index in [0.717, 1.165) is 48.2 Å². The van der Waals surface area contributed by atoms with E-state index in [9.17, 15) is 4.79 Å². The van der Waals surface area contributed by atoms with Crippen LogP contribution in [0.1, 0.15) is 42.7 Å². The molecule has 1 fully saturated rings. The van der Waals surface area contributed by atoms with Gasteiger partial charge in [-0.25, -0.2) is 0 Å². The van der Waals surface area contributed by atoms with Crippen LogP contribution in [0.3, 0.4) is 0 Å². The third-order valence-electron chi connectivity index (χ3n) is 5.81. The van der Waals surface area contributed by atoms with E-state index in [1.807, 2.05) is 48.8 Å². The molecular weight excluding hydrogens is 400 g/mol. The normalized spacial score (nSPS) is 23.6. The zero-order valence-electron chi connectivity index (χ0n) is 16.9. The van der Waals surface area contributed by atoms with E-state index in [0.29, 0.717) is 10.9 Å². The third-order valence-corrected chi connectivity index (χ3v) is 6.06. The molecule has 1 unspecified atom stereocenters. The number of benzene rings is 1. The van der Waals surface area contributed by atoms with Crippen molar-refractivity contribution in [3.05, 3.63) is 64.9 Å². The second-order valence-electron chi connectivity index (χ2n) is 7.78. The smallest absolute Gasteiger partial charge is 0.246 e. The molecule has 1 aromatic carbocycles. The minimum absolute atomic E-state index is 0.0128. The van der Waals surface area contributed by atoms with E-state index in [4.69, 9.17) is 16.3 Å². The number of ether oxygens (including phenoxy) is 1. The molecule has 2 aliphatic rings. The van der Waals surface area contributed by atoms with Crippen molar-refractivity contribution >= 4 is 28.9 Å². The van der Waals surface area contributed by atoms with Gasteiger partial charge in [0.1, 0.15) is 6.61 Å². The molecule has 1 N–H and O–H groups in total. The molecule has 0 saturated heterocycles. The second kappa shape index (κ2) is 9.49. The van der Waals surface area contributed by atoms with Gasteiger partial charge in [-0.05, 0) is 61.1 Å². The number of amides is 1. The summed E-state index contributed by atoms with van der Waals surface area (Å²) in [6.45, 7) is 0.106. The first-order valence-electron chi connectivity index (χ1n) is 10.2. The van der Waals surface area contributed by atoms with Crippen molar-refractivity contribution < 1.29 is 9.53 Å². The Bertz CT molecular complexity index is 935. The number of methoxy groups -OCH3 is 1. The molecule has 0 radical (unpaired) electrons. The summed E-state index contributed by atoms with van der Waals surface area (Å²) in [5.41, 5.74) is 4.22. The molecule has 0 spiro atoms. The van der Waals surface area contributed by atoms with Crippen LogP contribution in [-0.2, 0) is 9.53 Å². The summed E-state index contributed by atoms with van der Waals surface area (Å²) in [7, 11) is 1.53. The van der Waals surface area contributed by atoms with E-state index >= 15 is 0 Å². The van der Waals surface area contributed by atoms with Crippen molar-refractivity contribution in [2.45, 2.75) is 37.6 Å². The Kier molecular flexibility index (Phi) is 6.55. The number of hydrogen-bond acceptors (Lipinski definition) is 5. The SMILES string of the molecule is COCC(=O)NC1CCC(C2=NN=C(c3ccc(Cl)cc3)C2c2ccncc2)CC1. The number of halogens is 1. The summed E-state index contributed by atoms with van der Waals surface area (Å²) in [6, 6.07) is 12.0. The van der Waals surface area contributed by atoms with Crippen molar-refractivity contribution in [2.24, 2.45) is 16.1 Å². The Morgan fingerprint density at radius 2 is 1.77 bits per heavy atom. The monoisotopic (exact) mass is 424 g/mol. The van der Waals surface area contributed by atoms with Gasteiger partial charge in [0, 0.05) is 36.5 Å². The Hall–Kier alpha value is -2.57. The van der Waals surface area contributed by atoms with E-state index in [1.165, 1.54) is 7.11 Å². The highest BCUT2D eigenvalue weighted by molar-refractivity contribution is 6.31. The number of hydrogen-bond donors (Lipinski definition) is 1. The highest BCUT2D eigenvalue weighted by Gasteiger charge is 2.36. The molecule has 2 aromatic rings. The van der Waals surface area contributed by atoms with Crippen molar-refractivity contribution in [2.75, 3.05) is 13.7 Å². The van der Waals surface area contributed by atoms with Crippen LogP contribution < -0.4 is 5.32 Å². The van der Waals surface area contributed by atoms with Crippen LogP contribution in [0.4, 0.5) is 0 Å². The zero-order valence-corrected chi connectivity index (χ0v) is 17.7. The van der Waals surface area contributed by atoms with Crippen molar-refractivity contribution in [1.29, 1.82) is 0 Å². The first kappa shape index (κ1) is 20.7. The fourth-order valence-corrected chi connectivity index (χ4v) is 4.47. The standard InChI is InChI=1S/C23H25ClN4O2/c1-30-14-20(29)26-19-8-4-17(5-9-19)23-21(15-10-12-25-13-11-15)22(27-28-23)16-2-6-18(24)7-3-16/h2-3,6-7,10-13,17,19,21H,4-5,8-9,14H2,1H3,(H,26,29). The molecule has 4 rings (SSSR count). The number of pyridine rings is 1. The average Bonchev–Trinajstić information content (AvgIpc) is 3.21. The first-order valence-corrected chi connectivity index (χ1v) is 10.6. The maximum atomic E-state index is 11.8. The molecule has 1 aliphatic carbocycles. The fraction of sp³-hybridized carbons (Fsp3) is 0.391. The van der Waals surface area contributed by atoms with E-state index in [2.05, 4.69) is 20.5 Å². The Morgan fingerprint density at radius 1 is 1.07 bits per heavy atom. The van der Waals surface area contributed by atoms with Gasteiger partial charge in [-0.3, -0.25) is 9.78 Å². The summed E-state index contributed by atoms with van der Waals surface area (Å²) in [5, 5.41) is 13.0. The van der Waals surface area contributed by atoms with E-state index in [-0.39, 0.29) is 24.5 Å². The minimum atomic E-state index is -0.0535. The van der Waals surface area contributed by atoms with Crippen molar-refractivity contribution in [3.63, 3.8) is 0 Å². The summed E-state index contributed by atoms with van der Waals surface area (Å²) >= 11 is 6.08. The highest BCUT2D eigenvalue weighted by atomic mass is 35.5. The molecule has 2 heterocycles. The molecule has 7 heteroatoms. The number of carbonyl (C=O) groups is 1. The predicted octanol–water partition coefficient (Wildman–Crippen LogP) is 4.00. The second-order valence-corrected chi connectivity index (χ2v) is 8.22. The van der Waals surface area contributed by atoms with Crippen molar-refractivity contribution in [3.8, 4) is 0 Å². The number of nitrogens with zero attached hydrogens (tertiary/aromatic N) is 3. The van der Waals surface area contributed by atoms with Gasteiger partial charge in [0.2, 0.25) is 5.91 Å². The number of rotatable bonds is 6. The largest absolute Gasteiger partial charge is 0.375 e. The molecule has 1 saturated carbocycles. The van der Waals surface area contributed by atoms with Crippen molar-refractivity contribution in [1.82, 2.24) is 10.3 Å². The molecule has 1 amide bonds. The van der Waals surface area contributed by atoms with Crippen LogP contribution in [0.15, 0.2) is 59.0 Å². The lowest BCUT2D eigenvalue weighted by atomic mass is 9.75. The zero-order chi connectivity index (χ0) is 20.9. The molecule has 1 atom stereocenters. The molecule has 1 aromatic heterocycles. The van der Waals surface area contributed by atoms with Crippen LogP contribution in [0.25, 0.3) is 0 Å². The molecule has 30 heavy (non-hydrogen) atoms. The average molecular weight is 425 g/mol. The Balaban J connectivity index is 1.51. The van der Waals surface area contributed by atoms with Gasteiger partial charge in [-0.2, -0.15) is 10.2 Å². The van der Waals surface area contributed by atoms with Crippen LogP contribution in [0.5, 0.6) is 0 Å². The first-order chi connectivity index (χ1) is 14.7. The number of aromatic nitrogens is 1. The van der Waals surface area contributed by atoms with Gasteiger partial charge in [0.05, 0.1) is 17.3 Å². The quantitative estimate of drug-likeness (QED) is 0.761. The summed E-state index contributed by atoms with van der Waals surface area (Å²) in [4.78, 5) is 16.0. The molecular formula is C23H25ClN4O2. The lowest BCUT2D eigenvalue weighted by Crippen LogP contribution is -2.40. The van der Waals surface area contributed by atoms with Gasteiger partial charge >= 0.3 is 0 Å². The van der Waals surface area contributed by atoms with Crippen LogP contribution in [0, 0.1) is 5.92 Å². The Labute approximate surface area is 181 Å². The summed E-state index contributed by atoms with van der Waals surface area (Å²) in [5.74, 6) is 0.299. The summed E-state index contributed by atoms with van der Waals surface area (Å²) in [6.07, 6.45) is 7.43. The van der Waals surface area contributed by atoms with Crippen LogP contribution in [0.2, 0.25) is 5.02 Å². The Morgan fingerprint density at radius 3 is 2.43 bits per heavy atom. The highest BCUT2D eigenvalue weighted by Crippen LogP contribution is 2.36. The predicted molar refractivity (Wildman–Crippen MR) is 118 cm³/mol. The van der Waals surface area contributed by atoms with Gasteiger partial charge in [0.15, 0.2) is 0 Å². The molecule has 1 aliphatic heterocycles. The summed E-state index contributed by atoms with van der Waals surface area (Å²) < 4.78 is 4.91. The van der Waals surface area contributed by atoms with E-state index in [1.54, 1.807) is 0 Å². The minimum Gasteiger partial charge on any atom is -0.375 e. The molecule has 0 bridgehead atoms. The lowest BCUT2D eigenvalue weighted by molar-refractivity contribution is -0.125. The van der Waals surface area contributed by atoms with Gasteiger partial charge in [-0.1, -0.05) is 23.7 Å². The number of nitrogens with one attached hydrogen (secondary N) is 1. The van der Waals surface area contributed by atoms with Crippen LogP contribution in [-0.4, -0.2) is 42.1 Å². The van der Waals surface area contributed by atoms with E-state index < -0.39 is 0 Å². The van der Waals surface area contributed by atoms with Crippen LogP contribution >= 0.6 is 11.6 Å². The lowest BCUT2D eigenvalue weighted by Gasteiger charge is -2.31. The molecule has 156 valence electrons. The maximum absolute atomic E-state index is 11.8. The molecule has 6 nitrogen and oxygen atoms in total. The number of carbonyl (C=O) groups excluding carboxylic acids is 1. The van der Waals surface area contributed by atoms with Gasteiger partial charge in [-0.15, -0.1) is 0 Å². The van der Waals surface area contributed by atoms with Gasteiger partial charge in [0.25, 0.3) is 0 Å².